The van der Waals surface area contributed by atoms with Gasteiger partial charge in [-0.1, -0.05) is 26.0 Å². The summed E-state index contributed by atoms with van der Waals surface area (Å²) in [6.07, 6.45) is 1.72. The molecule has 1 fully saturated rings. The van der Waals surface area contributed by atoms with Crippen molar-refractivity contribution in [1.82, 2.24) is 0 Å². The zero-order valence-electron chi connectivity index (χ0n) is 17.7. The fourth-order valence-corrected chi connectivity index (χ4v) is 6.11. The topological polar surface area (TPSA) is 55.8 Å². The third-order valence-electron chi connectivity index (χ3n) is 6.64. The Kier molecular flexibility index (Phi) is 5.58. The number of ketones is 1. The van der Waals surface area contributed by atoms with Crippen LogP contribution in [-0.4, -0.2) is 37.3 Å². The van der Waals surface area contributed by atoms with E-state index in [-0.39, 0.29) is 19.0 Å². The summed E-state index contributed by atoms with van der Waals surface area (Å²) in [5.74, 6) is 2.40. The Bertz CT molecular complexity index is 896. The van der Waals surface area contributed by atoms with E-state index in [9.17, 15) is 9.90 Å². The van der Waals surface area contributed by atoms with Gasteiger partial charge in [0.25, 0.3) is 0 Å². The van der Waals surface area contributed by atoms with Gasteiger partial charge in [-0.15, -0.1) is 11.3 Å². The second-order valence-electron chi connectivity index (χ2n) is 8.98. The number of benzene rings is 1. The summed E-state index contributed by atoms with van der Waals surface area (Å²) in [5.41, 5.74) is 4.38. The number of rotatable bonds is 9. The normalized spacial score (nSPS) is 22.1. The summed E-state index contributed by atoms with van der Waals surface area (Å²) in [5, 5.41) is 9.65. The van der Waals surface area contributed by atoms with Gasteiger partial charge in [0.2, 0.25) is 0 Å². The predicted molar refractivity (Wildman–Crippen MR) is 115 cm³/mol. The van der Waals surface area contributed by atoms with E-state index in [2.05, 4.69) is 20.8 Å². The fraction of sp³-hybridized carbons (Fsp3) is 0.542. The molecule has 2 aliphatic rings. The van der Waals surface area contributed by atoms with Gasteiger partial charge in [-0.25, -0.2) is 0 Å². The first-order valence-electron chi connectivity index (χ1n) is 10.4. The molecule has 1 aromatic carbocycles. The minimum absolute atomic E-state index is 0.202. The Balaban J connectivity index is 1.33. The molecule has 0 aliphatic heterocycles. The molecule has 1 saturated carbocycles. The first-order valence-corrected chi connectivity index (χ1v) is 11.2. The molecule has 4 rings (SSSR count). The van der Waals surface area contributed by atoms with E-state index >= 15 is 0 Å². The fourth-order valence-electron chi connectivity index (χ4n) is 4.91. The van der Waals surface area contributed by atoms with E-state index in [1.54, 1.807) is 18.4 Å². The summed E-state index contributed by atoms with van der Waals surface area (Å²) >= 11 is 1.70. The quantitative estimate of drug-likeness (QED) is 0.612. The van der Waals surface area contributed by atoms with Gasteiger partial charge in [0.15, 0.2) is 5.78 Å². The number of methoxy groups -OCH3 is 1. The first kappa shape index (κ1) is 20.6. The van der Waals surface area contributed by atoms with Crippen molar-refractivity contribution < 1.29 is 19.4 Å². The summed E-state index contributed by atoms with van der Waals surface area (Å²) in [6.45, 7) is 7.35. The zero-order chi connectivity index (χ0) is 20.8. The van der Waals surface area contributed by atoms with Crippen molar-refractivity contribution in [2.45, 2.75) is 52.1 Å². The van der Waals surface area contributed by atoms with E-state index < -0.39 is 6.10 Å². The molecule has 2 aromatic rings. The lowest BCUT2D eigenvalue weighted by atomic mass is 9.94. The Morgan fingerprint density at radius 1 is 1.28 bits per heavy atom. The Morgan fingerprint density at radius 2 is 2.00 bits per heavy atom. The van der Waals surface area contributed by atoms with Crippen LogP contribution in [0.1, 0.15) is 57.4 Å². The minimum Gasteiger partial charge on any atom is -0.491 e. The van der Waals surface area contributed by atoms with E-state index in [1.807, 2.05) is 24.3 Å². The van der Waals surface area contributed by atoms with Gasteiger partial charge in [0, 0.05) is 18.4 Å². The monoisotopic (exact) mass is 414 g/mol. The number of hydrogen-bond acceptors (Lipinski definition) is 5. The molecule has 1 unspecified atom stereocenters. The molecule has 0 bridgehead atoms. The smallest absolute Gasteiger partial charge is 0.173 e. The molecule has 1 heterocycles. The van der Waals surface area contributed by atoms with Crippen molar-refractivity contribution in [1.29, 1.82) is 0 Å². The molecule has 2 aliphatic carbocycles. The third kappa shape index (κ3) is 3.88. The van der Waals surface area contributed by atoms with E-state index in [0.29, 0.717) is 23.5 Å². The zero-order valence-corrected chi connectivity index (χ0v) is 18.5. The predicted octanol–water partition coefficient (Wildman–Crippen LogP) is 4.55. The van der Waals surface area contributed by atoms with E-state index in [4.69, 9.17) is 9.47 Å². The van der Waals surface area contributed by atoms with Crippen molar-refractivity contribution in [3.05, 3.63) is 50.7 Å². The molecule has 5 heteroatoms. The molecule has 0 radical (unpaired) electrons. The molecule has 29 heavy (non-hydrogen) atoms. The lowest BCUT2D eigenvalue weighted by molar-refractivity contribution is 0.0325. The van der Waals surface area contributed by atoms with Gasteiger partial charge in [-0.2, -0.15) is 0 Å². The van der Waals surface area contributed by atoms with Crippen LogP contribution in [0.15, 0.2) is 24.3 Å². The standard InChI is InChI=1S/C24H30O4S/c1-14-21-18(11-19-22(21)24(19,2)3)23(29-14)20(26)10-7-15-5-8-17(9-6-15)28-13-16(25)12-27-4/h5-6,8-9,16,19,22,25H,7,10-13H2,1-4H3/t16?,19-,22-/m1/s1. The van der Waals surface area contributed by atoms with E-state index in [1.165, 1.54) is 16.0 Å². The summed E-state index contributed by atoms with van der Waals surface area (Å²) in [4.78, 5) is 15.3. The molecular formula is C24H30O4S. The SMILES string of the molecule is COCC(O)COc1ccc(CCC(=O)c2sc(C)c3c2C[C@@H]2[C@H]3C2(C)C)cc1. The van der Waals surface area contributed by atoms with Crippen LogP contribution in [0.3, 0.4) is 0 Å². The Labute approximate surface area is 176 Å². The van der Waals surface area contributed by atoms with Crippen LogP contribution in [0.5, 0.6) is 5.75 Å². The highest BCUT2D eigenvalue weighted by atomic mass is 32.1. The molecule has 0 amide bonds. The highest BCUT2D eigenvalue weighted by Gasteiger charge is 2.63. The number of aliphatic hydroxyl groups excluding tert-OH is 1. The van der Waals surface area contributed by atoms with Gasteiger partial charge in [-0.05, 0) is 65.8 Å². The summed E-state index contributed by atoms with van der Waals surface area (Å²) in [7, 11) is 1.55. The lowest BCUT2D eigenvalue weighted by Crippen LogP contribution is -2.22. The molecule has 0 saturated heterocycles. The van der Waals surface area contributed by atoms with Gasteiger partial charge in [0.1, 0.15) is 18.5 Å². The van der Waals surface area contributed by atoms with Crippen LogP contribution in [0, 0.1) is 18.3 Å². The second kappa shape index (κ2) is 7.86. The van der Waals surface area contributed by atoms with Crippen LogP contribution in [0.25, 0.3) is 0 Å². The maximum absolute atomic E-state index is 12.9. The number of hydrogen-bond donors (Lipinski definition) is 1. The highest BCUT2D eigenvalue weighted by Crippen LogP contribution is 2.71. The Hall–Kier alpha value is -1.69. The molecule has 3 atom stereocenters. The highest BCUT2D eigenvalue weighted by molar-refractivity contribution is 7.14. The number of ether oxygens (including phenoxy) is 2. The molecule has 4 nitrogen and oxygen atoms in total. The van der Waals surface area contributed by atoms with Crippen molar-refractivity contribution >= 4 is 17.1 Å². The van der Waals surface area contributed by atoms with Crippen molar-refractivity contribution in [2.75, 3.05) is 20.3 Å². The van der Waals surface area contributed by atoms with Crippen molar-refractivity contribution in [3.8, 4) is 5.75 Å². The molecular weight excluding hydrogens is 384 g/mol. The Morgan fingerprint density at radius 3 is 2.69 bits per heavy atom. The van der Waals surface area contributed by atoms with Gasteiger partial charge >= 0.3 is 0 Å². The second-order valence-corrected chi connectivity index (χ2v) is 10.2. The van der Waals surface area contributed by atoms with Crippen LogP contribution in [0.4, 0.5) is 0 Å². The van der Waals surface area contributed by atoms with Crippen LogP contribution in [0.2, 0.25) is 0 Å². The number of carbonyl (C=O) groups is 1. The molecule has 1 aromatic heterocycles. The maximum Gasteiger partial charge on any atom is 0.173 e. The maximum atomic E-state index is 12.9. The largest absolute Gasteiger partial charge is 0.491 e. The number of fused-ring (bicyclic) bond motifs is 3. The van der Waals surface area contributed by atoms with E-state index in [0.717, 1.165) is 29.2 Å². The van der Waals surface area contributed by atoms with Crippen LogP contribution < -0.4 is 4.74 Å². The molecule has 1 N–H and O–H groups in total. The molecule has 156 valence electrons. The summed E-state index contributed by atoms with van der Waals surface area (Å²) < 4.78 is 10.4. The number of aryl methyl sites for hydroxylation is 2. The molecule has 0 spiro atoms. The number of carbonyl (C=O) groups excluding carboxylic acids is 1. The van der Waals surface area contributed by atoms with Gasteiger partial charge in [-0.3, -0.25) is 4.79 Å². The number of Topliss-reactive ketones (excluding diaryl/α,β-unsaturated/α-hetero) is 1. The average molecular weight is 415 g/mol. The lowest BCUT2D eigenvalue weighted by Gasteiger charge is -2.12. The number of thiophene rings is 1. The third-order valence-corrected chi connectivity index (χ3v) is 7.84. The van der Waals surface area contributed by atoms with Gasteiger partial charge in [0.05, 0.1) is 11.5 Å². The van der Waals surface area contributed by atoms with Crippen LogP contribution >= 0.6 is 11.3 Å². The van der Waals surface area contributed by atoms with Crippen molar-refractivity contribution in [3.63, 3.8) is 0 Å². The minimum atomic E-state index is -0.634. The summed E-state index contributed by atoms with van der Waals surface area (Å²) in [6, 6.07) is 7.77. The number of aliphatic hydroxyl groups is 1. The first-order chi connectivity index (χ1) is 13.8. The van der Waals surface area contributed by atoms with Crippen molar-refractivity contribution in [2.24, 2.45) is 11.3 Å². The average Bonchev–Trinajstić information content (AvgIpc) is 3.03. The van der Waals surface area contributed by atoms with Crippen LogP contribution in [-0.2, 0) is 17.6 Å². The van der Waals surface area contributed by atoms with Gasteiger partial charge < -0.3 is 14.6 Å².